The molecular weight excluding hydrogens is 348 g/mol. The fourth-order valence-electron chi connectivity index (χ4n) is 3.32. The molecule has 4 nitrogen and oxygen atoms in total. The molecule has 3 rings (SSSR count). The molecule has 4 heteroatoms. The number of H-pyrrole nitrogens is 1. The zero-order valence-corrected chi connectivity index (χ0v) is 17.3. The van der Waals surface area contributed by atoms with Crippen LogP contribution in [0.5, 0.6) is 5.75 Å². The maximum Gasteiger partial charge on any atom is 0.194 e. The molecule has 0 aliphatic carbocycles. The summed E-state index contributed by atoms with van der Waals surface area (Å²) >= 11 is 0. The van der Waals surface area contributed by atoms with E-state index in [9.17, 15) is 4.79 Å². The second-order valence-corrected chi connectivity index (χ2v) is 7.76. The standard InChI is InChI=1S/C24H30N2O2/c1-5-26(14-19-9-7-6-8-10-19)15-22-18(4)25-23-12-11-20(28-16-17(2)3)13-21(23)24(22)27/h6-13,17H,5,14-16H2,1-4H3,(H,25,27). The van der Waals surface area contributed by atoms with E-state index in [2.05, 4.69) is 54.9 Å². The van der Waals surface area contributed by atoms with Crippen molar-refractivity contribution >= 4 is 10.9 Å². The van der Waals surface area contributed by atoms with E-state index < -0.39 is 0 Å². The molecule has 3 aromatic rings. The van der Waals surface area contributed by atoms with Gasteiger partial charge in [-0.05, 0) is 43.1 Å². The third kappa shape index (κ3) is 4.82. The Hall–Kier alpha value is -2.59. The van der Waals surface area contributed by atoms with Crippen LogP contribution in [0.15, 0.2) is 53.3 Å². The van der Waals surface area contributed by atoms with Gasteiger partial charge in [0.25, 0.3) is 0 Å². The molecule has 0 radical (unpaired) electrons. The highest BCUT2D eigenvalue weighted by Crippen LogP contribution is 2.20. The van der Waals surface area contributed by atoms with Gasteiger partial charge in [-0.25, -0.2) is 0 Å². The van der Waals surface area contributed by atoms with Gasteiger partial charge in [-0.2, -0.15) is 0 Å². The molecule has 0 aliphatic heterocycles. The van der Waals surface area contributed by atoms with E-state index in [0.717, 1.165) is 35.6 Å². The van der Waals surface area contributed by atoms with E-state index in [1.807, 2.05) is 31.2 Å². The van der Waals surface area contributed by atoms with Crippen molar-refractivity contribution in [1.29, 1.82) is 0 Å². The third-order valence-corrected chi connectivity index (χ3v) is 4.95. The second kappa shape index (κ2) is 9.07. The number of aromatic amines is 1. The van der Waals surface area contributed by atoms with E-state index >= 15 is 0 Å². The lowest BCUT2D eigenvalue weighted by Gasteiger charge is -2.21. The summed E-state index contributed by atoms with van der Waals surface area (Å²) in [5, 5.41) is 0.692. The average molecular weight is 379 g/mol. The van der Waals surface area contributed by atoms with Gasteiger partial charge in [-0.3, -0.25) is 9.69 Å². The van der Waals surface area contributed by atoms with Crippen LogP contribution in [0.3, 0.4) is 0 Å². The number of hydrogen-bond donors (Lipinski definition) is 1. The lowest BCUT2D eigenvalue weighted by molar-refractivity contribution is 0.269. The summed E-state index contributed by atoms with van der Waals surface area (Å²) in [4.78, 5) is 18.9. The van der Waals surface area contributed by atoms with Crippen LogP contribution in [0.25, 0.3) is 10.9 Å². The summed E-state index contributed by atoms with van der Waals surface area (Å²) in [5.74, 6) is 1.19. The smallest absolute Gasteiger partial charge is 0.194 e. The van der Waals surface area contributed by atoms with Crippen LogP contribution in [-0.2, 0) is 13.1 Å². The van der Waals surface area contributed by atoms with Gasteiger partial charge in [-0.15, -0.1) is 0 Å². The maximum atomic E-state index is 13.2. The van der Waals surface area contributed by atoms with Crippen molar-refractivity contribution in [2.24, 2.45) is 5.92 Å². The molecule has 0 amide bonds. The molecule has 0 fully saturated rings. The average Bonchev–Trinajstić information content (AvgIpc) is 2.69. The van der Waals surface area contributed by atoms with Gasteiger partial charge in [0, 0.05) is 35.2 Å². The van der Waals surface area contributed by atoms with Gasteiger partial charge >= 0.3 is 0 Å². The van der Waals surface area contributed by atoms with E-state index in [1.54, 1.807) is 0 Å². The Balaban J connectivity index is 1.89. The number of benzene rings is 2. The largest absolute Gasteiger partial charge is 0.493 e. The summed E-state index contributed by atoms with van der Waals surface area (Å²) in [6, 6.07) is 16.1. The molecule has 0 bridgehead atoms. The summed E-state index contributed by atoms with van der Waals surface area (Å²) in [6.45, 7) is 11.3. The molecule has 28 heavy (non-hydrogen) atoms. The SMILES string of the molecule is CCN(Cc1ccccc1)Cc1c(C)[nH]c2ccc(OCC(C)C)cc2c1=O. The van der Waals surface area contributed by atoms with Crippen LogP contribution in [0.4, 0.5) is 0 Å². The van der Waals surface area contributed by atoms with Crippen LogP contribution >= 0.6 is 0 Å². The van der Waals surface area contributed by atoms with E-state index in [0.29, 0.717) is 24.5 Å². The Labute approximate surface area is 167 Å². The van der Waals surface area contributed by atoms with Gasteiger partial charge in [0.05, 0.1) is 6.61 Å². The Bertz CT molecular complexity index is 977. The number of nitrogens with one attached hydrogen (secondary N) is 1. The monoisotopic (exact) mass is 378 g/mol. The van der Waals surface area contributed by atoms with Crippen LogP contribution in [-0.4, -0.2) is 23.0 Å². The molecule has 0 unspecified atom stereocenters. The molecule has 148 valence electrons. The number of fused-ring (bicyclic) bond motifs is 1. The molecule has 2 aromatic carbocycles. The van der Waals surface area contributed by atoms with Crippen molar-refractivity contribution in [2.45, 2.75) is 40.8 Å². The number of aryl methyl sites for hydroxylation is 1. The Morgan fingerprint density at radius 3 is 2.50 bits per heavy atom. The minimum atomic E-state index is 0.0905. The Morgan fingerprint density at radius 2 is 1.82 bits per heavy atom. The van der Waals surface area contributed by atoms with E-state index in [-0.39, 0.29) is 5.43 Å². The summed E-state index contributed by atoms with van der Waals surface area (Å²) in [7, 11) is 0. The van der Waals surface area contributed by atoms with E-state index in [4.69, 9.17) is 4.74 Å². The zero-order valence-electron chi connectivity index (χ0n) is 17.3. The van der Waals surface area contributed by atoms with Crippen LogP contribution < -0.4 is 10.2 Å². The lowest BCUT2D eigenvalue weighted by Crippen LogP contribution is -2.27. The van der Waals surface area contributed by atoms with Gasteiger partial charge in [0.15, 0.2) is 5.43 Å². The number of aromatic nitrogens is 1. The molecule has 0 saturated heterocycles. The fourth-order valence-corrected chi connectivity index (χ4v) is 3.32. The molecule has 1 heterocycles. The van der Waals surface area contributed by atoms with Crippen molar-refractivity contribution < 1.29 is 4.74 Å². The highest BCUT2D eigenvalue weighted by atomic mass is 16.5. The zero-order chi connectivity index (χ0) is 20.1. The van der Waals surface area contributed by atoms with Gasteiger partial charge in [-0.1, -0.05) is 51.1 Å². The van der Waals surface area contributed by atoms with Crippen molar-refractivity contribution in [2.75, 3.05) is 13.2 Å². The first-order valence-corrected chi connectivity index (χ1v) is 10.0. The van der Waals surface area contributed by atoms with Crippen LogP contribution in [0.2, 0.25) is 0 Å². The van der Waals surface area contributed by atoms with Gasteiger partial charge in [0.1, 0.15) is 5.75 Å². The molecule has 1 aromatic heterocycles. The first-order valence-electron chi connectivity index (χ1n) is 10.0. The van der Waals surface area contributed by atoms with Gasteiger partial charge < -0.3 is 9.72 Å². The highest BCUT2D eigenvalue weighted by molar-refractivity contribution is 5.81. The van der Waals surface area contributed by atoms with Crippen molar-refractivity contribution in [1.82, 2.24) is 9.88 Å². The fraction of sp³-hybridized carbons (Fsp3) is 0.375. The predicted molar refractivity (Wildman–Crippen MR) is 116 cm³/mol. The number of pyridine rings is 1. The number of nitrogens with zero attached hydrogens (tertiary/aromatic N) is 1. The summed E-state index contributed by atoms with van der Waals surface area (Å²) in [6.07, 6.45) is 0. The van der Waals surface area contributed by atoms with Crippen LogP contribution in [0.1, 0.15) is 37.6 Å². The third-order valence-electron chi connectivity index (χ3n) is 4.95. The number of ether oxygens (including phenoxy) is 1. The van der Waals surface area contributed by atoms with Gasteiger partial charge in [0.2, 0.25) is 0 Å². The lowest BCUT2D eigenvalue weighted by atomic mass is 10.1. The quantitative estimate of drug-likeness (QED) is 0.607. The number of rotatable bonds is 8. The predicted octanol–water partition coefficient (Wildman–Crippen LogP) is 4.89. The number of hydrogen-bond acceptors (Lipinski definition) is 3. The van der Waals surface area contributed by atoms with Crippen molar-refractivity contribution in [3.05, 3.63) is 75.6 Å². The summed E-state index contributed by atoms with van der Waals surface area (Å²) < 4.78 is 5.82. The molecule has 0 aliphatic rings. The van der Waals surface area contributed by atoms with Crippen LogP contribution in [0, 0.1) is 12.8 Å². The molecule has 0 saturated carbocycles. The molecule has 0 spiro atoms. The highest BCUT2D eigenvalue weighted by Gasteiger charge is 2.14. The maximum absolute atomic E-state index is 13.2. The molecule has 0 atom stereocenters. The molecule has 1 N–H and O–H groups in total. The second-order valence-electron chi connectivity index (χ2n) is 7.76. The molecular formula is C24H30N2O2. The first kappa shape index (κ1) is 20.2. The topological polar surface area (TPSA) is 45.3 Å². The Kier molecular flexibility index (Phi) is 6.53. The van der Waals surface area contributed by atoms with E-state index in [1.165, 1.54) is 5.56 Å². The Morgan fingerprint density at radius 1 is 1.07 bits per heavy atom. The first-order chi connectivity index (χ1) is 13.5. The summed E-state index contributed by atoms with van der Waals surface area (Å²) in [5.41, 5.74) is 3.96. The van der Waals surface area contributed by atoms with Crippen molar-refractivity contribution in [3.8, 4) is 5.75 Å². The van der Waals surface area contributed by atoms with Crippen molar-refractivity contribution in [3.63, 3.8) is 0 Å². The normalized spacial score (nSPS) is 11.5. The minimum absolute atomic E-state index is 0.0905. The minimum Gasteiger partial charge on any atom is -0.493 e.